The summed E-state index contributed by atoms with van der Waals surface area (Å²) in [7, 11) is 0. The second kappa shape index (κ2) is 5.76. The number of aryl methyl sites for hydroxylation is 2. The number of benzene rings is 2. The Kier molecular flexibility index (Phi) is 4.07. The Morgan fingerprint density at radius 2 is 1.89 bits per heavy atom. The first-order valence-corrected chi connectivity index (χ1v) is 6.30. The van der Waals surface area contributed by atoms with Crippen molar-refractivity contribution in [2.75, 3.05) is 12.3 Å². The van der Waals surface area contributed by atoms with Gasteiger partial charge >= 0.3 is 0 Å². The number of nitrogens with two attached hydrogens (primary N) is 1. The van der Waals surface area contributed by atoms with Crippen LogP contribution in [-0.2, 0) is 0 Å². The van der Waals surface area contributed by atoms with Crippen molar-refractivity contribution >= 4 is 5.69 Å². The van der Waals surface area contributed by atoms with E-state index in [9.17, 15) is 5.11 Å². The summed E-state index contributed by atoms with van der Waals surface area (Å²) in [6.07, 6.45) is -0.676. The molecule has 1 unspecified atom stereocenters. The molecular weight excluding hydrogens is 238 g/mol. The molecule has 3 N–H and O–H groups in total. The molecule has 0 amide bonds. The molecule has 0 aliphatic carbocycles. The van der Waals surface area contributed by atoms with Crippen molar-refractivity contribution in [2.24, 2.45) is 0 Å². The third kappa shape index (κ3) is 3.48. The van der Waals surface area contributed by atoms with E-state index in [1.54, 1.807) is 12.1 Å². The average Bonchev–Trinajstić information content (AvgIpc) is 2.40. The highest BCUT2D eigenvalue weighted by Crippen LogP contribution is 2.20. The molecule has 0 aliphatic heterocycles. The van der Waals surface area contributed by atoms with Crippen LogP contribution >= 0.6 is 0 Å². The van der Waals surface area contributed by atoms with Gasteiger partial charge in [0, 0.05) is 5.69 Å². The van der Waals surface area contributed by atoms with Gasteiger partial charge in [0.15, 0.2) is 0 Å². The number of aliphatic hydroxyl groups is 1. The molecule has 0 radical (unpaired) electrons. The topological polar surface area (TPSA) is 55.5 Å². The van der Waals surface area contributed by atoms with E-state index in [4.69, 9.17) is 10.5 Å². The third-order valence-corrected chi connectivity index (χ3v) is 3.18. The van der Waals surface area contributed by atoms with Crippen molar-refractivity contribution in [1.29, 1.82) is 0 Å². The highest BCUT2D eigenvalue weighted by molar-refractivity contribution is 5.41. The number of nitrogen functional groups attached to an aromatic ring is 1. The molecule has 0 fully saturated rings. The van der Waals surface area contributed by atoms with Crippen LogP contribution in [0.15, 0.2) is 42.5 Å². The Hall–Kier alpha value is -2.00. The predicted octanol–water partition coefficient (Wildman–Crippen LogP) is 3.00. The minimum absolute atomic E-state index is 0.214. The van der Waals surface area contributed by atoms with Crippen molar-refractivity contribution in [3.63, 3.8) is 0 Å². The van der Waals surface area contributed by atoms with Crippen LogP contribution in [0.25, 0.3) is 0 Å². The molecule has 2 aromatic rings. The second-order valence-corrected chi connectivity index (χ2v) is 4.74. The van der Waals surface area contributed by atoms with E-state index < -0.39 is 6.10 Å². The lowest BCUT2D eigenvalue weighted by Crippen LogP contribution is -2.10. The van der Waals surface area contributed by atoms with Crippen LogP contribution in [0.2, 0.25) is 0 Å². The number of hydrogen-bond donors (Lipinski definition) is 2. The standard InChI is InChI=1S/C16H19NO2/c1-11-6-7-15(8-12(11)2)19-10-16(18)13-4-3-5-14(17)9-13/h3-9,16,18H,10,17H2,1-2H3. The van der Waals surface area contributed by atoms with Crippen LogP contribution < -0.4 is 10.5 Å². The summed E-state index contributed by atoms with van der Waals surface area (Å²) in [4.78, 5) is 0. The fourth-order valence-electron chi connectivity index (χ4n) is 1.84. The van der Waals surface area contributed by atoms with Crippen LogP contribution in [0.4, 0.5) is 5.69 Å². The van der Waals surface area contributed by atoms with Crippen LogP contribution in [0.3, 0.4) is 0 Å². The maximum absolute atomic E-state index is 10.0. The van der Waals surface area contributed by atoms with E-state index in [0.29, 0.717) is 5.69 Å². The molecule has 0 spiro atoms. The van der Waals surface area contributed by atoms with Crippen molar-refractivity contribution < 1.29 is 9.84 Å². The van der Waals surface area contributed by atoms with Crippen LogP contribution in [0.1, 0.15) is 22.8 Å². The van der Waals surface area contributed by atoms with Crippen molar-refractivity contribution in [2.45, 2.75) is 20.0 Å². The Labute approximate surface area is 113 Å². The molecule has 0 aliphatic rings. The van der Waals surface area contributed by atoms with Gasteiger partial charge in [-0.15, -0.1) is 0 Å². The zero-order chi connectivity index (χ0) is 13.8. The SMILES string of the molecule is Cc1ccc(OCC(O)c2cccc(N)c2)cc1C. The summed E-state index contributed by atoms with van der Waals surface area (Å²) < 4.78 is 5.61. The summed E-state index contributed by atoms with van der Waals surface area (Å²) in [5.74, 6) is 0.769. The smallest absolute Gasteiger partial charge is 0.119 e. The van der Waals surface area contributed by atoms with Gasteiger partial charge in [0.25, 0.3) is 0 Å². The van der Waals surface area contributed by atoms with Crippen molar-refractivity contribution in [1.82, 2.24) is 0 Å². The van der Waals surface area contributed by atoms with E-state index in [2.05, 4.69) is 6.92 Å². The second-order valence-electron chi connectivity index (χ2n) is 4.74. The highest BCUT2D eigenvalue weighted by Gasteiger charge is 2.09. The summed E-state index contributed by atoms with van der Waals surface area (Å²) in [6.45, 7) is 4.31. The molecule has 3 nitrogen and oxygen atoms in total. The van der Waals surface area contributed by atoms with Gasteiger partial charge in [0.2, 0.25) is 0 Å². The first-order chi connectivity index (χ1) is 9.06. The normalized spacial score (nSPS) is 12.2. The van der Waals surface area contributed by atoms with Gasteiger partial charge in [0.05, 0.1) is 0 Å². The van der Waals surface area contributed by atoms with E-state index in [1.165, 1.54) is 11.1 Å². The molecule has 0 aromatic heterocycles. The third-order valence-electron chi connectivity index (χ3n) is 3.18. The lowest BCUT2D eigenvalue weighted by molar-refractivity contribution is 0.108. The summed E-state index contributed by atoms with van der Waals surface area (Å²) in [6, 6.07) is 13.1. The largest absolute Gasteiger partial charge is 0.491 e. The molecule has 0 saturated heterocycles. The molecular formula is C16H19NO2. The Morgan fingerprint density at radius 1 is 1.11 bits per heavy atom. The lowest BCUT2D eigenvalue weighted by atomic mass is 10.1. The first kappa shape index (κ1) is 13.4. The first-order valence-electron chi connectivity index (χ1n) is 6.30. The Balaban J connectivity index is 2.00. The van der Waals surface area contributed by atoms with E-state index in [1.807, 2.05) is 37.3 Å². The molecule has 1 atom stereocenters. The number of anilines is 1. The van der Waals surface area contributed by atoms with Gasteiger partial charge in [0.1, 0.15) is 18.5 Å². The van der Waals surface area contributed by atoms with Crippen molar-refractivity contribution in [3.05, 3.63) is 59.2 Å². The summed E-state index contributed by atoms with van der Waals surface area (Å²) in [5.41, 5.74) is 9.50. The van der Waals surface area contributed by atoms with Gasteiger partial charge < -0.3 is 15.6 Å². The van der Waals surface area contributed by atoms with Gasteiger partial charge in [-0.05, 0) is 54.8 Å². The Morgan fingerprint density at radius 3 is 2.58 bits per heavy atom. The van der Waals surface area contributed by atoms with Crippen LogP contribution in [-0.4, -0.2) is 11.7 Å². The zero-order valence-electron chi connectivity index (χ0n) is 11.3. The molecule has 100 valence electrons. The van der Waals surface area contributed by atoms with Crippen LogP contribution in [0.5, 0.6) is 5.75 Å². The monoisotopic (exact) mass is 257 g/mol. The van der Waals surface area contributed by atoms with Crippen LogP contribution in [0, 0.1) is 13.8 Å². The molecule has 0 heterocycles. The molecule has 0 bridgehead atoms. The fraction of sp³-hybridized carbons (Fsp3) is 0.250. The van der Waals surface area contributed by atoms with E-state index in [-0.39, 0.29) is 6.61 Å². The number of hydrogen-bond acceptors (Lipinski definition) is 3. The number of ether oxygens (including phenoxy) is 1. The number of aliphatic hydroxyl groups excluding tert-OH is 1. The quantitative estimate of drug-likeness (QED) is 0.828. The highest BCUT2D eigenvalue weighted by atomic mass is 16.5. The fourth-order valence-corrected chi connectivity index (χ4v) is 1.84. The minimum Gasteiger partial charge on any atom is -0.491 e. The predicted molar refractivity (Wildman–Crippen MR) is 77.2 cm³/mol. The number of rotatable bonds is 4. The lowest BCUT2D eigenvalue weighted by Gasteiger charge is -2.14. The zero-order valence-corrected chi connectivity index (χ0v) is 11.3. The summed E-state index contributed by atoms with van der Waals surface area (Å²) >= 11 is 0. The van der Waals surface area contributed by atoms with Gasteiger partial charge in [-0.25, -0.2) is 0 Å². The average molecular weight is 257 g/mol. The minimum atomic E-state index is -0.676. The summed E-state index contributed by atoms with van der Waals surface area (Å²) in [5, 5.41) is 10.0. The maximum Gasteiger partial charge on any atom is 0.119 e. The molecule has 3 heteroatoms. The van der Waals surface area contributed by atoms with Gasteiger partial charge in [-0.1, -0.05) is 18.2 Å². The van der Waals surface area contributed by atoms with E-state index >= 15 is 0 Å². The van der Waals surface area contributed by atoms with Gasteiger partial charge in [-0.3, -0.25) is 0 Å². The molecule has 19 heavy (non-hydrogen) atoms. The van der Waals surface area contributed by atoms with Gasteiger partial charge in [-0.2, -0.15) is 0 Å². The van der Waals surface area contributed by atoms with Crippen molar-refractivity contribution in [3.8, 4) is 5.75 Å². The molecule has 2 aromatic carbocycles. The van der Waals surface area contributed by atoms with E-state index in [0.717, 1.165) is 11.3 Å². The Bertz CT molecular complexity index is 566. The maximum atomic E-state index is 10.0. The molecule has 2 rings (SSSR count). The molecule has 0 saturated carbocycles.